The molecule has 4 aromatic rings. The van der Waals surface area contributed by atoms with Gasteiger partial charge in [0.2, 0.25) is 0 Å². The van der Waals surface area contributed by atoms with Gasteiger partial charge in [-0.1, -0.05) is 41.4 Å². The van der Waals surface area contributed by atoms with E-state index in [2.05, 4.69) is 97.5 Å². The highest BCUT2D eigenvalue weighted by atomic mass is 15.3. The van der Waals surface area contributed by atoms with Gasteiger partial charge in [-0.05, 0) is 68.3 Å². The van der Waals surface area contributed by atoms with Gasteiger partial charge in [0, 0.05) is 0 Å². The maximum atomic E-state index is 4.99. The van der Waals surface area contributed by atoms with Crippen LogP contribution in [0.3, 0.4) is 0 Å². The van der Waals surface area contributed by atoms with Crippen LogP contribution in [-0.4, -0.2) is 15.3 Å². The Hall–Kier alpha value is -2.94. The zero-order valence-corrected chi connectivity index (χ0v) is 15.6. The van der Waals surface area contributed by atoms with Crippen molar-refractivity contribution in [2.75, 3.05) is 0 Å². The van der Waals surface area contributed by atoms with Crippen LogP contribution < -0.4 is 4.58 Å². The molecule has 0 aliphatic carbocycles. The maximum absolute atomic E-state index is 4.99. The Morgan fingerprint density at radius 3 is 2.31 bits per heavy atom. The lowest BCUT2D eigenvalue weighted by atomic mass is 9.99. The summed E-state index contributed by atoms with van der Waals surface area (Å²) in [5, 5.41) is 2.53. The molecule has 0 N–H and O–H groups in total. The van der Waals surface area contributed by atoms with Crippen molar-refractivity contribution >= 4 is 39.2 Å². The summed E-state index contributed by atoms with van der Waals surface area (Å²) in [7, 11) is 0. The molecule has 1 aliphatic rings. The van der Waals surface area contributed by atoms with Crippen molar-refractivity contribution in [2.24, 2.45) is 0 Å². The molecule has 1 aromatic heterocycles. The highest BCUT2D eigenvalue weighted by Crippen LogP contribution is 2.40. The van der Waals surface area contributed by atoms with E-state index in [1.54, 1.807) is 0 Å². The molecule has 0 radical (unpaired) electrons. The number of aromatic nitrogens is 2. The van der Waals surface area contributed by atoms with Gasteiger partial charge < -0.3 is 0 Å². The third kappa shape index (κ3) is 1.88. The molecule has 3 nitrogen and oxygen atoms in total. The van der Waals surface area contributed by atoms with Crippen molar-refractivity contribution in [3.63, 3.8) is 0 Å². The molecule has 0 fully saturated rings. The Morgan fingerprint density at radius 1 is 0.885 bits per heavy atom. The summed E-state index contributed by atoms with van der Waals surface area (Å²) >= 11 is 0. The van der Waals surface area contributed by atoms with E-state index in [9.17, 15) is 0 Å². The second kappa shape index (κ2) is 5.04. The third-order valence-corrected chi connectivity index (χ3v) is 5.83. The Kier molecular flexibility index (Phi) is 2.97. The molecule has 1 aliphatic heterocycles. The average molecular weight is 340 g/mol. The van der Waals surface area contributed by atoms with Gasteiger partial charge in [0.05, 0.1) is 5.71 Å². The Balaban J connectivity index is 1.86. The number of benzene rings is 3. The summed E-state index contributed by atoms with van der Waals surface area (Å²) in [4.78, 5) is 4.99. The van der Waals surface area contributed by atoms with Crippen LogP contribution in [0.25, 0.3) is 21.8 Å². The minimum Gasteiger partial charge on any atom is -0.213 e. The van der Waals surface area contributed by atoms with Crippen LogP contribution in [0.1, 0.15) is 26.3 Å². The minimum absolute atomic E-state index is 0.122. The van der Waals surface area contributed by atoms with Crippen molar-refractivity contribution in [2.45, 2.75) is 33.2 Å². The molecular weight excluding hydrogens is 318 g/mol. The third-order valence-electron chi connectivity index (χ3n) is 5.83. The first-order valence-electron chi connectivity index (χ1n) is 9.10. The Morgan fingerprint density at radius 2 is 1.54 bits per heavy atom. The quantitative estimate of drug-likeness (QED) is 0.417. The van der Waals surface area contributed by atoms with Crippen molar-refractivity contribution in [3.05, 3.63) is 66.2 Å². The normalized spacial score (nSPS) is 15.8. The zero-order chi connectivity index (χ0) is 18.1. The molecule has 128 valence electrons. The van der Waals surface area contributed by atoms with E-state index in [1.807, 2.05) is 0 Å². The van der Waals surface area contributed by atoms with Gasteiger partial charge >= 0.3 is 5.95 Å². The van der Waals surface area contributed by atoms with Gasteiger partial charge in [-0.25, -0.2) is 4.57 Å². The van der Waals surface area contributed by atoms with Gasteiger partial charge in [0.25, 0.3) is 0 Å². The van der Waals surface area contributed by atoms with Crippen LogP contribution in [0.15, 0.2) is 60.7 Å². The molecule has 26 heavy (non-hydrogen) atoms. The van der Waals surface area contributed by atoms with Crippen LogP contribution in [0.5, 0.6) is 0 Å². The molecule has 5 rings (SSSR count). The summed E-state index contributed by atoms with van der Waals surface area (Å²) in [5.74, 6) is 1.01. The number of imidazole rings is 1. The Labute approximate surface area is 153 Å². The predicted octanol–water partition coefficient (Wildman–Crippen LogP) is 5.54. The fourth-order valence-electron chi connectivity index (χ4n) is 4.17. The molecule has 3 aromatic carbocycles. The number of nitrogens with zero attached hydrogens (tertiary/aromatic N) is 3. The van der Waals surface area contributed by atoms with Crippen LogP contribution in [-0.2, 0) is 5.54 Å². The highest BCUT2D eigenvalue weighted by molar-refractivity contribution is 6.01. The second-order valence-corrected chi connectivity index (χ2v) is 7.70. The Bertz CT molecular complexity index is 1220. The number of hydrogen-bond donors (Lipinski definition) is 0. The fraction of sp³-hybridized carbons (Fsp3) is 0.217. The van der Waals surface area contributed by atoms with Gasteiger partial charge in [-0.2, -0.15) is 4.58 Å². The largest absolute Gasteiger partial charge is 0.405 e. The van der Waals surface area contributed by atoms with Crippen LogP contribution in [0, 0.1) is 6.92 Å². The van der Waals surface area contributed by atoms with Crippen LogP contribution in [0.2, 0.25) is 0 Å². The second-order valence-electron chi connectivity index (χ2n) is 7.70. The topological polar surface area (TPSA) is 20.8 Å². The lowest BCUT2D eigenvalue weighted by Crippen LogP contribution is -2.31. The molecule has 0 spiro atoms. The molecule has 3 heteroatoms. The number of rotatable bonds is 1. The minimum atomic E-state index is -0.122. The van der Waals surface area contributed by atoms with Crippen LogP contribution >= 0.6 is 0 Å². The van der Waals surface area contributed by atoms with Crippen molar-refractivity contribution in [1.29, 1.82) is 0 Å². The van der Waals surface area contributed by atoms with Gasteiger partial charge in [0.15, 0.2) is 5.52 Å². The highest BCUT2D eigenvalue weighted by Gasteiger charge is 2.45. The first-order chi connectivity index (χ1) is 12.5. The summed E-state index contributed by atoms with van der Waals surface area (Å²) in [5.41, 5.74) is 5.88. The first-order valence-corrected chi connectivity index (χ1v) is 9.10. The van der Waals surface area contributed by atoms with Crippen molar-refractivity contribution in [3.8, 4) is 0 Å². The first kappa shape index (κ1) is 15.3. The van der Waals surface area contributed by atoms with E-state index < -0.39 is 0 Å². The van der Waals surface area contributed by atoms with E-state index in [0.29, 0.717) is 0 Å². The number of hydrogen-bond acceptors (Lipinski definition) is 1. The van der Waals surface area contributed by atoms with Gasteiger partial charge in [0.1, 0.15) is 16.7 Å². The molecule has 0 atom stereocenters. The van der Waals surface area contributed by atoms with E-state index in [1.165, 1.54) is 33.3 Å². The van der Waals surface area contributed by atoms with E-state index in [-0.39, 0.29) is 5.54 Å². The van der Waals surface area contributed by atoms with Crippen LogP contribution in [0.4, 0.5) is 11.6 Å². The molecule has 2 heterocycles. The maximum Gasteiger partial charge on any atom is 0.405 e. The fourth-order valence-corrected chi connectivity index (χ4v) is 4.17. The van der Waals surface area contributed by atoms with E-state index >= 15 is 0 Å². The number of fused-ring (bicyclic) bond motifs is 4. The zero-order valence-electron chi connectivity index (χ0n) is 15.6. The predicted molar refractivity (Wildman–Crippen MR) is 110 cm³/mol. The van der Waals surface area contributed by atoms with Crippen molar-refractivity contribution < 1.29 is 0 Å². The smallest absolute Gasteiger partial charge is 0.213 e. The molecule has 0 unspecified atom stereocenters. The monoisotopic (exact) mass is 340 g/mol. The molecule has 0 saturated carbocycles. The number of para-hydroxylation sites is 2. The average Bonchev–Trinajstić information content (AvgIpc) is 3.09. The standard InChI is InChI=1S/C23H22N3/c1-15-13-17-9-5-6-10-18(17)14-21(15)25-16(2)23(3,4)26-20-12-8-7-11-19(20)24-22(25)26/h5-14H,1-4H3/q+1. The lowest BCUT2D eigenvalue weighted by molar-refractivity contribution is 0.528. The molecule has 0 bridgehead atoms. The number of aryl methyl sites for hydroxylation is 1. The molecular formula is C23H22N3+. The summed E-state index contributed by atoms with van der Waals surface area (Å²) in [6.45, 7) is 8.96. The lowest BCUT2D eigenvalue weighted by Gasteiger charge is -2.17. The summed E-state index contributed by atoms with van der Waals surface area (Å²) < 4.78 is 4.70. The van der Waals surface area contributed by atoms with Gasteiger partial charge in [-0.15, -0.1) is 0 Å². The van der Waals surface area contributed by atoms with Gasteiger partial charge in [-0.3, -0.25) is 0 Å². The van der Waals surface area contributed by atoms with Crippen molar-refractivity contribution in [1.82, 2.24) is 14.1 Å². The molecule has 0 amide bonds. The summed E-state index contributed by atoms with van der Waals surface area (Å²) in [6, 6.07) is 21.5. The van der Waals surface area contributed by atoms with E-state index in [0.717, 1.165) is 11.5 Å². The molecule has 0 saturated heterocycles. The van der Waals surface area contributed by atoms with E-state index in [4.69, 9.17) is 4.98 Å². The summed E-state index contributed by atoms with van der Waals surface area (Å²) in [6.07, 6.45) is 0. The SMILES string of the molecule is CC1=[N+](c2cc3ccccc3cc2C)c2nc3ccccc3n2C1(C)C.